The Morgan fingerprint density at radius 2 is 1.88 bits per heavy atom. The number of fused-ring (bicyclic) bond motifs is 5. The smallest absolute Gasteiger partial charge is 0.305 e. The van der Waals surface area contributed by atoms with Crippen LogP contribution in [0, 0.1) is 46.3 Å². The molecule has 33 heavy (non-hydrogen) atoms. The van der Waals surface area contributed by atoms with Crippen molar-refractivity contribution < 1.29 is 24.5 Å². The van der Waals surface area contributed by atoms with E-state index in [1.165, 1.54) is 7.11 Å². The average Bonchev–Trinajstić information content (AvgIpc) is 3.15. The molecule has 0 aliphatic heterocycles. The second kappa shape index (κ2) is 10.1. The number of aliphatic hydroxyl groups excluding tert-OH is 2. The second-order valence-electron chi connectivity index (χ2n) is 12.1. The van der Waals surface area contributed by atoms with Crippen LogP contribution in [0.5, 0.6) is 0 Å². The lowest BCUT2D eigenvalue weighted by Gasteiger charge is -2.63. The first-order valence-corrected chi connectivity index (χ1v) is 14.4. The summed E-state index contributed by atoms with van der Waals surface area (Å²) in [6.45, 7) is 7.72. The van der Waals surface area contributed by atoms with E-state index in [-0.39, 0.29) is 34.9 Å². The number of aliphatic hydroxyl groups is 2. The van der Waals surface area contributed by atoms with Crippen LogP contribution in [-0.2, 0) is 14.3 Å². The van der Waals surface area contributed by atoms with Crippen LogP contribution in [0.2, 0.25) is 0 Å². The molecule has 0 aromatic rings. The van der Waals surface area contributed by atoms with Crippen LogP contribution in [0.15, 0.2) is 0 Å². The standard InChI is InChI=1S/C27H45BrO5/c1-16(5-8-24(31)32-4)19-6-7-20-25-21(15-23(30)27(19,20)3)26(2)10-9-18(33-12-11-28)13-17(26)14-22(25)29/h16-23,25,29-30H,5-15H2,1-4H3/t16-,17+,18-,19-,20+,21+,22-,23+,25+,26+,27-/m1/s1. The lowest BCUT2D eigenvalue weighted by molar-refractivity contribution is -0.209. The first-order valence-electron chi connectivity index (χ1n) is 13.3. The van der Waals surface area contributed by atoms with Crippen molar-refractivity contribution in [1.82, 2.24) is 0 Å². The number of halogens is 1. The van der Waals surface area contributed by atoms with Crippen molar-refractivity contribution in [2.75, 3.05) is 19.0 Å². The SMILES string of the molecule is COC(=O)CC[C@@H](C)[C@H]1CC[C@H]2[C@@H]3[C@H](O)C[C@@H]4C[C@H](OCCBr)CC[C@]4(C)[C@H]3C[C@H](O)[C@]12C. The largest absolute Gasteiger partial charge is 0.469 e. The topological polar surface area (TPSA) is 76.0 Å². The van der Waals surface area contributed by atoms with Crippen molar-refractivity contribution >= 4 is 21.9 Å². The maximum Gasteiger partial charge on any atom is 0.305 e. The van der Waals surface area contributed by atoms with Gasteiger partial charge in [0, 0.05) is 11.8 Å². The van der Waals surface area contributed by atoms with E-state index in [0.29, 0.717) is 42.1 Å². The van der Waals surface area contributed by atoms with E-state index < -0.39 is 0 Å². The maximum absolute atomic E-state index is 11.7. The highest BCUT2D eigenvalue weighted by molar-refractivity contribution is 9.09. The summed E-state index contributed by atoms with van der Waals surface area (Å²) in [5.74, 6) is 2.06. The number of hydrogen-bond donors (Lipinski definition) is 2. The molecule has 4 fully saturated rings. The van der Waals surface area contributed by atoms with E-state index in [9.17, 15) is 15.0 Å². The first kappa shape index (κ1) is 25.9. The summed E-state index contributed by atoms with van der Waals surface area (Å²) in [6, 6.07) is 0. The fraction of sp³-hybridized carbons (Fsp3) is 0.963. The first-order chi connectivity index (χ1) is 15.7. The molecule has 0 radical (unpaired) electrons. The fourth-order valence-electron chi connectivity index (χ4n) is 9.13. The fourth-order valence-corrected chi connectivity index (χ4v) is 9.31. The van der Waals surface area contributed by atoms with Gasteiger partial charge in [-0.05, 0) is 97.7 Å². The summed E-state index contributed by atoms with van der Waals surface area (Å²) in [7, 11) is 1.45. The molecule has 0 spiro atoms. The van der Waals surface area contributed by atoms with Crippen LogP contribution < -0.4 is 0 Å². The second-order valence-corrected chi connectivity index (χ2v) is 12.9. The number of methoxy groups -OCH3 is 1. The van der Waals surface area contributed by atoms with Crippen molar-refractivity contribution in [2.24, 2.45) is 46.3 Å². The van der Waals surface area contributed by atoms with E-state index in [2.05, 4.69) is 36.7 Å². The van der Waals surface area contributed by atoms with Crippen LogP contribution in [0.1, 0.15) is 78.6 Å². The molecule has 190 valence electrons. The number of carbonyl (C=O) groups is 1. The van der Waals surface area contributed by atoms with Gasteiger partial charge in [0.05, 0.1) is 32.0 Å². The summed E-state index contributed by atoms with van der Waals surface area (Å²) in [4.78, 5) is 11.7. The molecule has 0 bridgehead atoms. The quantitative estimate of drug-likeness (QED) is 0.360. The maximum atomic E-state index is 11.7. The number of rotatable bonds is 7. The van der Waals surface area contributed by atoms with Crippen LogP contribution in [0.3, 0.4) is 0 Å². The van der Waals surface area contributed by atoms with Crippen molar-refractivity contribution in [3.8, 4) is 0 Å². The van der Waals surface area contributed by atoms with E-state index in [4.69, 9.17) is 9.47 Å². The van der Waals surface area contributed by atoms with Crippen molar-refractivity contribution in [3.05, 3.63) is 0 Å². The summed E-state index contributed by atoms with van der Waals surface area (Å²) in [5.41, 5.74) is -0.00781. The molecule has 4 aliphatic rings. The van der Waals surface area contributed by atoms with E-state index in [0.717, 1.165) is 63.3 Å². The minimum absolute atomic E-state index is 0.150. The predicted octanol–water partition coefficient (Wildman–Crippen LogP) is 4.96. The van der Waals surface area contributed by atoms with Gasteiger partial charge in [0.15, 0.2) is 0 Å². The third-order valence-electron chi connectivity index (χ3n) is 11.0. The number of esters is 1. The van der Waals surface area contributed by atoms with Crippen LogP contribution in [0.25, 0.3) is 0 Å². The highest BCUT2D eigenvalue weighted by atomic mass is 79.9. The van der Waals surface area contributed by atoms with Gasteiger partial charge in [-0.1, -0.05) is 36.7 Å². The molecule has 0 saturated heterocycles. The van der Waals surface area contributed by atoms with E-state index >= 15 is 0 Å². The lowest BCUT2D eigenvalue weighted by atomic mass is 9.43. The highest BCUT2D eigenvalue weighted by Gasteiger charge is 2.65. The van der Waals surface area contributed by atoms with Gasteiger partial charge in [-0.15, -0.1) is 0 Å². The molecule has 0 aromatic heterocycles. The molecule has 2 N–H and O–H groups in total. The van der Waals surface area contributed by atoms with Crippen LogP contribution in [0.4, 0.5) is 0 Å². The molecular weight excluding hydrogens is 484 g/mol. The summed E-state index contributed by atoms with van der Waals surface area (Å²) >= 11 is 3.47. The summed E-state index contributed by atoms with van der Waals surface area (Å²) in [6.07, 6.45) is 8.01. The Morgan fingerprint density at radius 3 is 2.58 bits per heavy atom. The van der Waals surface area contributed by atoms with Crippen molar-refractivity contribution in [3.63, 3.8) is 0 Å². The summed E-state index contributed by atoms with van der Waals surface area (Å²) < 4.78 is 10.9. The Bertz CT molecular complexity index is 702. The Labute approximate surface area is 208 Å². The van der Waals surface area contributed by atoms with Gasteiger partial charge in [0.2, 0.25) is 0 Å². The van der Waals surface area contributed by atoms with Gasteiger partial charge in [-0.2, -0.15) is 0 Å². The molecule has 0 heterocycles. The summed E-state index contributed by atoms with van der Waals surface area (Å²) in [5, 5.41) is 24.1. The van der Waals surface area contributed by atoms with Crippen molar-refractivity contribution in [1.29, 1.82) is 0 Å². The van der Waals surface area contributed by atoms with Crippen LogP contribution >= 0.6 is 15.9 Å². The molecule has 0 unspecified atom stereocenters. The predicted molar refractivity (Wildman–Crippen MR) is 132 cm³/mol. The number of carbonyl (C=O) groups excluding carboxylic acids is 1. The molecule has 11 atom stereocenters. The Hall–Kier alpha value is -0.170. The minimum atomic E-state index is -0.345. The molecule has 0 aromatic carbocycles. The van der Waals surface area contributed by atoms with Gasteiger partial charge in [-0.25, -0.2) is 0 Å². The van der Waals surface area contributed by atoms with Gasteiger partial charge < -0.3 is 19.7 Å². The number of hydrogen-bond acceptors (Lipinski definition) is 5. The molecule has 6 heteroatoms. The molecular formula is C27H45BrO5. The monoisotopic (exact) mass is 528 g/mol. The highest BCUT2D eigenvalue weighted by Crippen LogP contribution is 2.68. The molecule has 5 nitrogen and oxygen atoms in total. The minimum Gasteiger partial charge on any atom is -0.469 e. The number of ether oxygens (including phenoxy) is 2. The van der Waals surface area contributed by atoms with Gasteiger partial charge in [0.1, 0.15) is 0 Å². The Balaban J connectivity index is 1.52. The Kier molecular flexibility index (Phi) is 7.90. The van der Waals surface area contributed by atoms with E-state index in [1.807, 2.05) is 0 Å². The molecule has 4 aliphatic carbocycles. The van der Waals surface area contributed by atoms with E-state index in [1.54, 1.807) is 0 Å². The zero-order chi connectivity index (χ0) is 24.0. The normalized spacial score (nSPS) is 47.8. The third kappa shape index (κ3) is 4.44. The number of alkyl halides is 1. The van der Waals surface area contributed by atoms with Gasteiger partial charge in [0.25, 0.3) is 0 Å². The lowest BCUT2D eigenvalue weighted by Crippen LogP contribution is -2.62. The molecule has 4 saturated carbocycles. The molecule has 4 rings (SSSR count). The zero-order valence-electron chi connectivity index (χ0n) is 21.0. The zero-order valence-corrected chi connectivity index (χ0v) is 22.6. The van der Waals surface area contributed by atoms with Gasteiger partial charge in [-0.3, -0.25) is 4.79 Å². The van der Waals surface area contributed by atoms with Crippen LogP contribution in [-0.4, -0.2) is 53.5 Å². The average molecular weight is 530 g/mol. The molecule has 0 amide bonds. The third-order valence-corrected chi connectivity index (χ3v) is 11.3. The van der Waals surface area contributed by atoms with Crippen molar-refractivity contribution in [2.45, 2.75) is 96.9 Å². The Morgan fingerprint density at radius 1 is 1.12 bits per heavy atom. The van der Waals surface area contributed by atoms with Gasteiger partial charge >= 0.3 is 5.97 Å².